The zero-order valence-electron chi connectivity index (χ0n) is 22.5. The van der Waals surface area contributed by atoms with E-state index in [2.05, 4.69) is 14.9 Å². The number of rotatable bonds is 10. The second kappa shape index (κ2) is 12.4. The van der Waals surface area contributed by atoms with Gasteiger partial charge in [0.25, 0.3) is 0 Å². The Bertz CT molecular complexity index is 1580. The zero-order valence-corrected chi connectivity index (χ0v) is 23.4. The summed E-state index contributed by atoms with van der Waals surface area (Å²) in [5.41, 5.74) is 22.6. The molecule has 1 heterocycles. The molecule has 12 heteroatoms. The third kappa shape index (κ3) is 6.46. The standard InChI is InChI=1S/C28H32N6O5S/c1-17-12-20(29)4-9-23(17)34(21-5-7-22(8-6-21)40(35)36)10-11-39-26-24(37-2)14-18(15-25(26)38-3)13-19-16-32-28(31)33-27(19)30/h4-7,9,12,14-16H,8,10-11,13,29H2,1-3H3,(H4,30,31,32,33). The highest BCUT2D eigenvalue weighted by molar-refractivity contribution is 7.73. The van der Waals surface area contributed by atoms with Crippen LogP contribution in [0.4, 0.5) is 23.1 Å². The van der Waals surface area contributed by atoms with Gasteiger partial charge in [-0.05, 0) is 60.5 Å². The molecule has 1 aromatic heterocycles. The molecule has 1 aliphatic carbocycles. The van der Waals surface area contributed by atoms with Crippen LogP contribution in [0.3, 0.4) is 0 Å². The van der Waals surface area contributed by atoms with Crippen molar-refractivity contribution in [3.63, 3.8) is 0 Å². The molecule has 6 N–H and O–H groups in total. The Morgan fingerprint density at radius 1 is 1.02 bits per heavy atom. The molecule has 0 saturated heterocycles. The summed E-state index contributed by atoms with van der Waals surface area (Å²) in [5.74, 6) is 1.86. The molecule has 0 bridgehead atoms. The molecule has 4 rings (SSSR count). The number of hydrogen-bond donors (Lipinski definition) is 3. The van der Waals surface area contributed by atoms with Crippen LogP contribution in [0.1, 0.15) is 23.1 Å². The lowest BCUT2D eigenvalue weighted by molar-refractivity contribution is 0.280. The Balaban J connectivity index is 1.58. The summed E-state index contributed by atoms with van der Waals surface area (Å²) in [6.45, 7) is 2.69. The Morgan fingerprint density at radius 3 is 2.33 bits per heavy atom. The molecule has 2 aromatic carbocycles. The first-order valence-corrected chi connectivity index (χ1v) is 13.5. The van der Waals surface area contributed by atoms with E-state index >= 15 is 0 Å². The quantitative estimate of drug-likeness (QED) is 0.244. The fraction of sp³-hybridized carbons (Fsp3) is 0.250. The molecule has 0 saturated carbocycles. The van der Waals surface area contributed by atoms with Gasteiger partial charge in [-0.25, -0.2) is 4.98 Å². The number of nitrogens with zero attached hydrogens (tertiary/aromatic N) is 3. The molecular weight excluding hydrogens is 532 g/mol. The second-order valence-corrected chi connectivity index (χ2v) is 10.1. The first-order chi connectivity index (χ1) is 19.2. The fourth-order valence-electron chi connectivity index (χ4n) is 4.42. The Hall–Kier alpha value is -4.71. The topological polar surface area (TPSA) is 169 Å². The van der Waals surface area contributed by atoms with E-state index in [1.807, 2.05) is 43.3 Å². The summed E-state index contributed by atoms with van der Waals surface area (Å²) in [6.07, 6.45) is 7.62. The monoisotopic (exact) mass is 564 g/mol. The van der Waals surface area contributed by atoms with E-state index in [1.165, 1.54) is 0 Å². The van der Waals surface area contributed by atoms with E-state index in [0.29, 0.717) is 53.0 Å². The lowest BCUT2D eigenvalue weighted by atomic mass is 10.1. The van der Waals surface area contributed by atoms with Gasteiger partial charge in [0.1, 0.15) is 12.4 Å². The van der Waals surface area contributed by atoms with Crippen LogP contribution in [0.25, 0.3) is 0 Å². The molecule has 40 heavy (non-hydrogen) atoms. The van der Waals surface area contributed by atoms with Gasteiger partial charge < -0.3 is 36.3 Å². The summed E-state index contributed by atoms with van der Waals surface area (Å²) in [4.78, 5) is 10.4. The predicted octanol–water partition coefficient (Wildman–Crippen LogP) is 2.92. The van der Waals surface area contributed by atoms with Crippen molar-refractivity contribution in [3.05, 3.63) is 77.1 Å². The van der Waals surface area contributed by atoms with Crippen molar-refractivity contribution in [2.45, 2.75) is 19.8 Å². The average Bonchev–Trinajstić information content (AvgIpc) is 2.93. The van der Waals surface area contributed by atoms with E-state index in [4.69, 9.17) is 31.4 Å². The molecule has 0 aliphatic heterocycles. The maximum absolute atomic E-state index is 11.4. The Labute approximate surface area is 234 Å². The van der Waals surface area contributed by atoms with Gasteiger partial charge in [-0.2, -0.15) is 13.4 Å². The van der Waals surface area contributed by atoms with Crippen LogP contribution in [-0.2, 0) is 16.7 Å². The third-order valence-electron chi connectivity index (χ3n) is 6.38. The Kier molecular flexibility index (Phi) is 8.80. The summed E-state index contributed by atoms with van der Waals surface area (Å²) < 4.78 is 40.3. The van der Waals surface area contributed by atoms with Crippen LogP contribution in [-0.4, -0.2) is 50.6 Å². The van der Waals surface area contributed by atoms with Gasteiger partial charge in [-0.3, -0.25) is 0 Å². The molecule has 3 aromatic rings. The van der Waals surface area contributed by atoms with Crippen molar-refractivity contribution < 1.29 is 22.6 Å². The van der Waals surface area contributed by atoms with Gasteiger partial charge in [-0.1, -0.05) is 6.08 Å². The highest BCUT2D eigenvalue weighted by Gasteiger charge is 2.19. The summed E-state index contributed by atoms with van der Waals surface area (Å²) in [6, 6.07) is 9.36. The first kappa shape index (κ1) is 28.3. The van der Waals surface area contributed by atoms with Gasteiger partial charge in [0, 0.05) is 41.7 Å². The molecule has 210 valence electrons. The molecule has 1 aliphatic rings. The summed E-state index contributed by atoms with van der Waals surface area (Å²) >= 11 is 0. The lowest BCUT2D eigenvalue weighted by Gasteiger charge is -2.29. The van der Waals surface area contributed by atoms with Crippen molar-refractivity contribution in [1.29, 1.82) is 0 Å². The SMILES string of the molecule is COc1cc(Cc2cnc(N)nc2N)cc(OC)c1OCCN(C1=CCC(=S(=O)=O)C=C1)c1ccc(N)cc1C. The molecule has 0 atom stereocenters. The van der Waals surface area contributed by atoms with Crippen LogP contribution >= 0.6 is 0 Å². The van der Waals surface area contributed by atoms with Gasteiger partial charge >= 0.3 is 0 Å². The van der Waals surface area contributed by atoms with Gasteiger partial charge in [0.05, 0.1) is 25.6 Å². The minimum Gasteiger partial charge on any atom is -0.493 e. The van der Waals surface area contributed by atoms with Crippen molar-refractivity contribution >= 4 is 38.3 Å². The number of methoxy groups -OCH3 is 2. The van der Waals surface area contributed by atoms with Crippen molar-refractivity contribution in [2.75, 3.05) is 49.5 Å². The van der Waals surface area contributed by atoms with E-state index in [9.17, 15) is 8.42 Å². The maximum atomic E-state index is 11.4. The van der Waals surface area contributed by atoms with E-state index in [0.717, 1.165) is 28.1 Å². The smallest absolute Gasteiger partial charge is 0.221 e. The van der Waals surface area contributed by atoms with Crippen LogP contribution in [0, 0.1) is 6.92 Å². The molecule has 11 nitrogen and oxygen atoms in total. The predicted molar refractivity (Wildman–Crippen MR) is 157 cm³/mol. The minimum atomic E-state index is -2.26. The average molecular weight is 565 g/mol. The second-order valence-electron chi connectivity index (χ2n) is 9.06. The largest absolute Gasteiger partial charge is 0.493 e. The van der Waals surface area contributed by atoms with E-state index in [-0.39, 0.29) is 12.6 Å². The lowest BCUT2D eigenvalue weighted by Crippen LogP contribution is -2.29. The zero-order chi connectivity index (χ0) is 28.8. The van der Waals surface area contributed by atoms with Crippen LogP contribution in [0.15, 0.2) is 60.5 Å². The van der Waals surface area contributed by atoms with Gasteiger partial charge in [-0.15, -0.1) is 0 Å². The molecule has 0 amide bonds. The number of aromatic nitrogens is 2. The normalized spacial score (nSPS) is 12.6. The molecule has 0 radical (unpaired) electrons. The number of benzene rings is 2. The van der Waals surface area contributed by atoms with Crippen LogP contribution < -0.4 is 36.3 Å². The number of anilines is 4. The number of ether oxygens (including phenoxy) is 3. The van der Waals surface area contributed by atoms with E-state index < -0.39 is 10.3 Å². The van der Waals surface area contributed by atoms with Crippen LogP contribution in [0.2, 0.25) is 0 Å². The Morgan fingerprint density at radius 2 is 1.75 bits per heavy atom. The summed E-state index contributed by atoms with van der Waals surface area (Å²) in [7, 11) is 0.855. The number of allylic oxidation sites excluding steroid dienone is 3. The molecule has 0 unspecified atom stereocenters. The minimum absolute atomic E-state index is 0.113. The van der Waals surface area contributed by atoms with Crippen molar-refractivity contribution in [1.82, 2.24) is 9.97 Å². The third-order valence-corrected chi connectivity index (χ3v) is 7.11. The fourth-order valence-corrected chi connectivity index (χ4v) is 4.82. The number of nitrogen functional groups attached to an aromatic ring is 3. The molecule has 0 spiro atoms. The van der Waals surface area contributed by atoms with Crippen molar-refractivity contribution in [3.8, 4) is 17.2 Å². The highest BCUT2D eigenvalue weighted by Crippen LogP contribution is 2.39. The maximum Gasteiger partial charge on any atom is 0.221 e. The first-order valence-electron chi connectivity index (χ1n) is 12.4. The van der Waals surface area contributed by atoms with Crippen molar-refractivity contribution in [2.24, 2.45) is 0 Å². The van der Waals surface area contributed by atoms with Crippen LogP contribution in [0.5, 0.6) is 17.2 Å². The van der Waals surface area contributed by atoms with Gasteiger partial charge in [0.15, 0.2) is 11.5 Å². The summed E-state index contributed by atoms with van der Waals surface area (Å²) in [5, 5.41) is 0. The van der Waals surface area contributed by atoms with Gasteiger partial charge in [0.2, 0.25) is 22.0 Å². The molecule has 0 fully saturated rings. The molecular formula is C28H32N6O5S. The number of aryl methyl sites for hydroxylation is 1. The van der Waals surface area contributed by atoms with E-state index in [1.54, 1.807) is 32.6 Å². The number of hydrogen-bond acceptors (Lipinski definition) is 11. The highest BCUT2D eigenvalue weighted by atomic mass is 32.2. The number of nitrogens with two attached hydrogens (primary N) is 3.